The van der Waals surface area contributed by atoms with E-state index in [9.17, 15) is 4.79 Å². The second-order valence-corrected chi connectivity index (χ2v) is 5.11. The molecule has 0 saturated heterocycles. The van der Waals surface area contributed by atoms with Crippen molar-refractivity contribution >= 4 is 63.8 Å². The predicted octanol–water partition coefficient (Wildman–Crippen LogP) is 5.34. The molecule has 2 aromatic rings. The number of halogens is 4. The molecule has 1 aromatic carbocycles. The van der Waals surface area contributed by atoms with Gasteiger partial charge in [-0.25, -0.2) is 9.78 Å². The van der Waals surface area contributed by atoms with Gasteiger partial charge in [-0.05, 0) is 12.1 Å². The minimum atomic E-state index is -0.529. The fourth-order valence-electron chi connectivity index (χ4n) is 1.39. The van der Waals surface area contributed by atoms with Crippen molar-refractivity contribution in [1.82, 2.24) is 4.98 Å². The average Bonchev–Trinajstić information content (AvgIpc) is 2.42. The molecule has 2 rings (SSSR count). The van der Waals surface area contributed by atoms with Gasteiger partial charge in [0.25, 0.3) is 0 Å². The summed E-state index contributed by atoms with van der Waals surface area (Å²) in [6, 6.07) is 8.34. The summed E-state index contributed by atoms with van der Waals surface area (Å²) in [5.41, 5.74) is 0.718. The number of benzene rings is 1. The van der Waals surface area contributed by atoms with E-state index in [1.54, 1.807) is 24.3 Å². The highest BCUT2D eigenvalue weighted by molar-refractivity contribution is 6.49. The Labute approximate surface area is 135 Å². The number of aromatic nitrogens is 1. The smallest absolute Gasteiger partial charge is 0.308 e. The summed E-state index contributed by atoms with van der Waals surface area (Å²) in [6.07, 6.45) is 0. The van der Waals surface area contributed by atoms with Crippen molar-refractivity contribution in [2.45, 2.75) is 0 Å². The summed E-state index contributed by atoms with van der Waals surface area (Å²) in [4.78, 5) is 15.6. The second-order valence-electron chi connectivity index (χ2n) is 3.64. The van der Waals surface area contributed by atoms with Crippen molar-refractivity contribution in [3.05, 3.63) is 50.7 Å². The van der Waals surface area contributed by atoms with Gasteiger partial charge in [-0.2, -0.15) is 0 Å². The van der Waals surface area contributed by atoms with E-state index < -0.39 is 6.03 Å². The van der Waals surface area contributed by atoms with Crippen LogP contribution in [0.25, 0.3) is 0 Å². The maximum absolute atomic E-state index is 11.9. The first-order chi connectivity index (χ1) is 9.49. The molecular formula is C12H7Cl4N3O. The number of nitrogens with one attached hydrogen (secondary N) is 2. The zero-order chi connectivity index (χ0) is 14.7. The highest BCUT2D eigenvalue weighted by atomic mass is 35.5. The van der Waals surface area contributed by atoms with Gasteiger partial charge < -0.3 is 10.6 Å². The van der Waals surface area contributed by atoms with Crippen LogP contribution in [0.1, 0.15) is 0 Å². The molecule has 0 spiro atoms. The Hall–Kier alpha value is -1.20. The Morgan fingerprint density at radius 2 is 1.45 bits per heavy atom. The molecule has 0 aliphatic rings. The highest BCUT2D eigenvalue weighted by Gasteiger charge is 2.17. The topological polar surface area (TPSA) is 54.0 Å². The highest BCUT2D eigenvalue weighted by Crippen LogP contribution is 2.38. The molecule has 1 aromatic heterocycles. The molecule has 8 heteroatoms. The van der Waals surface area contributed by atoms with E-state index in [2.05, 4.69) is 15.6 Å². The summed E-state index contributed by atoms with van der Waals surface area (Å²) < 4.78 is 0. The van der Waals surface area contributed by atoms with Crippen LogP contribution in [0.5, 0.6) is 0 Å². The van der Waals surface area contributed by atoms with Crippen LogP contribution >= 0.6 is 46.4 Å². The normalized spacial score (nSPS) is 10.2. The van der Waals surface area contributed by atoms with E-state index in [0.29, 0.717) is 5.69 Å². The lowest BCUT2D eigenvalue weighted by atomic mass is 10.3. The minimum Gasteiger partial charge on any atom is -0.308 e. The molecule has 4 nitrogen and oxygen atoms in total. The number of carbonyl (C=O) groups is 1. The summed E-state index contributed by atoms with van der Waals surface area (Å²) in [7, 11) is 0. The number of pyridine rings is 1. The molecule has 0 radical (unpaired) electrons. The standard InChI is InChI=1S/C12H7Cl4N3O/c13-7-9(8(14)11(16)19-10(7)15)18-12(20)17-6-4-2-1-3-5-6/h1-5H,(H2,17,18,19,20). The van der Waals surface area contributed by atoms with Gasteiger partial charge in [0, 0.05) is 5.69 Å². The van der Waals surface area contributed by atoms with Gasteiger partial charge in [0.15, 0.2) is 10.3 Å². The number of hydrogen-bond acceptors (Lipinski definition) is 2. The Balaban J connectivity index is 2.20. The molecule has 0 fully saturated rings. The lowest BCUT2D eigenvalue weighted by Crippen LogP contribution is -2.20. The van der Waals surface area contributed by atoms with Crippen molar-refractivity contribution in [3.63, 3.8) is 0 Å². The number of anilines is 2. The van der Waals surface area contributed by atoms with Gasteiger partial charge in [0.05, 0.1) is 5.69 Å². The summed E-state index contributed by atoms with van der Waals surface area (Å²) in [6.45, 7) is 0. The zero-order valence-electron chi connectivity index (χ0n) is 9.75. The van der Waals surface area contributed by atoms with Crippen LogP contribution in [-0.4, -0.2) is 11.0 Å². The van der Waals surface area contributed by atoms with Gasteiger partial charge in [-0.15, -0.1) is 0 Å². The third kappa shape index (κ3) is 3.46. The van der Waals surface area contributed by atoms with Gasteiger partial charge in [0.2, 0.25) is 0 Å². The monoisotopic (exact) mass is 349 g/mol. The molecule has 0 bridgehead atoms. The van der Waals surface area contributed by atoms with Crippen LogP contribution in [-0.2, 0) is 0 Å². The first-order valence-electron chi connectivity index (χ1n) is 5.32. The number of hydrogen-bond donors (Lipinski definition) is 2. The van der Waals surface area contributed by atoms with Crippen molar-refractivity contribution < 1.29 is 4.79 Å². The van der Waals surface area contributed by atoms with Crippen LogP contribution < -0.4 is 10.6 Å². The van der Waals surface area contributed by atoms with E-state index in [4.69, 9.17) is 46.4 Å². The Bertz CT molecular complexity index is 623. The van der Waals surface area contributed by atoms with Crippen LogP contribution in [0.3, 0.4) is 0 Å². The van der Waals surface area contributed by atoms with Crippen molar-refractivity contribution in [2.75, 3.05) is 10.6 Å². The van der Waals surface area contributed by atoms with Crippen LogP contribution in [0.2, 0.25) is 20.4 Å². The molecule has 2 amide bonds. The molecule has 104 valence electrons. The average molecular weight is 351 g/mol. The van der Waals surface area contributed by atoms with Gasteiger partial charge in [-0.1, -0.05) is 64.6 Å². The van der Waals surface area contributed by atoms with Gasteiger partial charge in [0.1, 0.15) is 10.0 Å². The molecule has 20 heavy (non-hydrogen) atoms. The number of nitrogens with zero attached hydrogens (tertiary/aromatic N) is 1. The molecule has 0 atom stereocenters. The number of para-hydroxylation sites is 1. The molecule has 2 N–H and O–H groups in total. The van der Waals surface area contributed by atoms with E-state index in [-0.39, 0.29) is 26.0 Å². The lowest BCUT2D eigenvalue weighted by Gasteiger charge is -2.12. The number of rotatable bonds is 2. The maximum Gasteiger partial charge on any atom is 0.323 e. The Morgan fingerprint density at radius 3 is 2.00 bits per heavy atom. The van der Waals surface area contributed by atoms with Crippen molar-refractivity contribution in [2.24, 2.45) is 0 Å². The number of urea groups is 1. The quantitative estimate of drug-likeness (QED) is 0.718. The lowest BCUT2D eigenvalue weighted by molar-refractivity contribution is 0.262. The summed E-state index contributed by atoms with van der Waals surface area (Å²) in [5, 5.41) is 5.04. The minimum absolute atomic E-state index is 0.0179. The predicted molar refractivity (Wildman–Crippen MR) is 83.4 cm³/mol. The van der Waals surface area contributed by atoms with Crippen LogP contribution in [0, 0.1) is 0 Å². The molecule has 1 heterocycles. The van der Waals surface area contributed by atoms with Crippen molar-refractivity contribution in [1.29, 1.82) is 0 Å². The summed E-state index contributed by atoms with van der Waals surface area (Å²) >= 11 is 23.4. The van der Waals surface area contributed by atoms with Crippen LogP contribution in [0.15, 0.2) is 30.3 Å². The summed E-state index contributed by atoms with van der Waals surface area (Å²) in [5.74, 6) is 0. The molecular weight excluding hydrogens is 344 g/mol. The molecule has 0 aliphatic carbocycles. The first kappa shape index (κ1) is 15.2. The van der Waals surface area contributed by atoms with Gasteiger partial charge in [-0.3, -0.25) is 0 Å². The van der Waals surface area contributed by atoms with E-state index in [1.165, 1.54) is 0 Å². The third-order valence-electron chi connectivity index (χ3n) is 2.27. The molecule has 0 saturated carbocycles. The maximum atomic E-state index is 11.9. The van der Waals surface area contributed by atoms with Crippen molar-refractivity contribution in [3.8, 4) is 0 Å². The molecule has 0 aliphatic heterocycles. The SMILES string of the molecule is O=C(Nc1ccccc1)Nc1c(Cl)c(Cl)nc(Cl)c1Cl. The van der Waals surface area contributed by atoms with E-state index in [0.717, 1.165) is 0 Å². The Morgan fingerprint density at radius 1 is 0.900 bits per heavy atom. The number of carbonyl (C=O) groups excluding carboxylic acids is 1. The van der Waals surface area contributed by atoms with E-state index >= 15 is 0 Å². The fourth-order valence-corrected chi connectivity index (χ4v) is 2.21. The van der Waals surface area contributed by atoms with Crippen LogP contribution in [0.4, 0.5) is 16.2 Å². The fraction of sp³-hybridized carbons (Fsp3) is 0. The number of amides is 2. The largest absolute Gasteiger partial charge is 0.323 e. The van der Waals surface area contributed by atoms with Gasteiger partial charge >= 0.3 is 6.03 Å². The van der Waals surface area contributed by atoms with E-state index in [1.807, 2.05) is 6.07 Å². The zero-order valence-corrected chi connectivity index (χ0v) is 12.8. The first-order valence-corrected chi connectivity index (χ1v) is 6.83. The Kier molecular flexibility index (Phi) is 4.94. The molecule has 0 unspecified atom stereocenters. The third-order valence-corrected chi connectivity index (χ3v) is 3.74. The second kappa shape index (κ2) is 6.50.